The van der Waals surface area contributed by atoms with Gasteiger partial charge in [-0.1, -0.05) is 0 Å². The number of hydrogen-bond donors (Lipinski definition) is 1. The largest absolute Gasteiger partial charge is 0.349 e. The SMILES string of the molecule is CN(C)C(=O)C[C@@H]1CCCN1. The molecule has 1 amide bonds. The van der Waals surface area contributed by atoms with Gasteiger partial charge in [0.25, 0.3) is 0 Å². The van der Waals surface area contributed by atoms with Crippen molar-refractivity contribution in [3.05, 3.63) is 0 Å². The molecular weight excluding hydrogens is 140 g/mol. The first-order chi connectivity index (χ1) is 5.20. The average Bonchev–Trinajstić information content (AvgIpc) is 2.39. The second-order valence-corrected chi connectivity index (χ2v) is 3.29. The molecule has 0 spiro atoms. The fourth-order valence-corrected chi connectivity index (χ4v) is 1.32. The third-order valence-electron chi connectivity index (χ3n) is 2.08. The Labute approximate surface area is 67.8 Å². The van der Waals surface area contributed by atoms with Crippen LogP contribution < -0.4 is 5.32 Å². The first kappa shape index (κ1) is 8.53. The van der Waals surface area contributed by atoms with Crippen molar-refractivity contribution < 1.29 is 4.79 Å². The maximum Gasteiger partial charge on any atom is 0.223 e. The van der Waals surface area contributed by atoms with E-state index in [0.717, 1.165) is 13.0 Å². The van der Waals surface area contributed by atoms with Gasteiger partial charge in [0, 0.05) is 26.6 Å². The van der Waals surface area contributed by atoms with Crippen LogP contribution in [0.15, 0.2) is 0 Å². The van der Waals surface area contributed by atoms with Crippen LogP contribution in [0.3, 0.4) is 0 Å². The van der Waals surface area contributed by atoms with Gasteiger partial charge in [-0.2, -0.15) is 0 Å². The summed E-state index contributed by atoms with van der Waals surface area (Å²) in [6.45, 7) is 1.07. The van der Waals surface area contributed by atoms with Crippen molar-refractivity contribution in [2.24, 2.45) is 0 Å². The van der Waals surface area contributed by atoms with Crippen LogP contribution >= 0.6 is 0 Å². The number of rotatable bonds is 2. The predicted octanol–water partition coefficient (Wildman–Crippen LogP) is 0.217. The lowest BCUT2D eigenvalue weighted by molar-refractivity contribution is -0.129. The minimum atomic E-state index is 0.226. The third kappa shape index (κ3) is 2.50. The van der Waals surface area contributed by atoms with E-state index in [1.807, 2.05) is 0 Å². The van der Waals surface area contributed by atoms with Gasteiger partial charge in [-0.15, -0.1) is 0 Å². The zero-order chi connectivity index (χ0) is 8.27. The van der Waals surface area contributed by atoms with Crippen LogP contribution in [-0.4, -0.2) is 37.5 Å². The molecule has 0 aromatic heterocycles. The molecule has 11 heavy (non-hydrogen) atoms. The lowest BCUT2D eigenvalue weighted by atomic mass is 10.1. The van der Waals surface area contributed by atoms with E-state index >= 15 is 0 Å². The summed E-state index contributed by atoms with van der Waals surface area (Å²) < 4.78 is 0. The molecule has 3 nitrogen and oxygen atoms in total. The van der Waals surface area contributed by atoms with E-state index in [9.17, 15) is 4.79 Å². The molecule has 1 atom stereocenters. The highest BCUT2D eigenvalue weighted by molar-refractivity contribution is 5.76. The van der Waals surface area contributed by atoms with E-state index in [4.69, 9.17) is 0 Å². The van der Waals surface area contributed by atoms with E-state index < -0.39 is 0 Å². The summed E-state index contributed by atoms with van der Waals surface area (Å²) in [5, 5.41) is 3.29. The summed E-state index contributed by atoms with van der Waals surface area (Å²) >= 11 is 0. The van der Waals surface area contributed by atoms with Crippen LogP contribution in [0.25, 0.3) is 0 Å². The number of carbonyl (C=O) groups is 1. The van der Waals surface area contributed by atoms with Crippen molar-refractivity contribution >= 4 is 5.91 Å². The number of carbonyl (C=O) groups excluding carboxylic acids is 1. The highest BCUT2D eigenvalue weighted by atomic mass is 16.2. The summed E-state index contributed by atoms with van der Waals surface area (Å²) in [6.07, 6.45) is 3.03. The zero-order valence-electron chi connectivity index (χ0n) is 7.26. The molecule has 0 aromatic carbocycles. The molecule has 1 N–H and O–H groups in total. The monoisotopic (exact) mass is 156 g/mol. The van der Waals surface area contributed by atoms with Gasteiger partial charge in [0.05, 0.1) is 0 Å². The summed E-state index contributed by atoms with van der Waals surface area (Å²) in [6, 6.07) is 0.435. The van der Waals surface area contributed by atoms with Gasteiger partial charge in [0.2, 0.25) is 5.91 Å². The molecule has 1 rings (SSSR count). The van der Waals surface area contributed by atoms with Crippen molar-refractivity contribution in [2.45, 2.75) is 25.3 Å². The molecule has 1 aliphatic heterocycles. The molecule has 1 heterocycles. The van der Waals surface area contributed by atoms with E-state index in [-0.39, 0.29) is 5.91 Å². The number of hydrogen-bond acceptors (Lipinski definition) is 2. The molecule has 0 radical (unpaired) electrons. The Hall–Kier alpha value is -0.570. The summed E-state index contributed by atoms with van der Waals surface area (Å²) in [5.74, 6) is 0.226. The van der Waals surface area contributed by atoms with Crippen LogP contribution in [-0.2, 0) is 4.79 Å². The van der Waals surface area contributed by atoms with Gasteiger partial charge < -0.3 is 10.2 Å². The molecular formula is C8H16N2O. The second-order valence-electron chi connectivity index (χ2n) is 3.29. The molecule has 0 bridgehead atoms. The molecule has 0 unspecified atom stereocenters. The van der Waals surface area contributed by atoms with Crippen molar-refractivity contribution in [3.8, 4) is 0 Å². The quantitative estimate of drug-likeness (QED) is 0.620. The number of nitrogens with zero attached hydrogens (tertiary/aromatic N) is 1. The standard InChI is InChI=1S/C8H16N2O/c1-10(2)8(11)6-7-4-3-5-9-7/h7,9H,3-6H2,1-2H3/t7-/m0/s1. The fourth-order valence-electron chi connectivity index (χ4n) is 1.32. The number of nitrogens with one attached hydrogen (secondary N) is 1. The van der Waals surface area contributed by atoms with E-state index in [1.165, 1.54) is 6.42 Å². The van der Waals surface area contributed by atoms with Crippen LogP contribution in [0, 0.1) is 0 Å². The molecule has 1 aliphatic rings. The van der Waals surface area contributed by atoms with Crippen molar-refractivity contribution in [2.75, 3.05) is 20.6 Å². The Morgan fingerprint density at radius 2 is 2.36 bits per heavy atom. The van der Waals surface area contributed by atoms with Gasteiger partial charge in [-0.25, -0.2) is 0 Å². The molecule has 0 saturated carbocycles. The normalized spacial score (nSPS) is 23.6. The minimum absolute atomic E-state index is 0.226. The highest BCUT2D eigenvalue weighted by Crippen LogP contribution is 2.09. The maximum atomic E-state index is 11.2. The van der Waals surface area contributed by atoms with Gasteiger partial charge in [0.15, 0.2) is 0 Å². The van der Waals surface area contributed by atoms with Gasteiger partial charge >= 0.3 is 0 Å². The van der Waals surface area contributed by atoms with Gasteiger partial charge in [-0.3, -0.25) is 4.79 Å². The van der Waals surface area contributed by atoms with E-state index in [2.05, 4.69) is 5.32 Å². The minimum Gasteiger partial charge on any atom is -0.349 e. The number of amides is 1. The van der Waals surface area contributed by atoms with Gasteiger partial charge in [0.1, 0.15) is 0 Å². The van der Waals surface area contributed by atoms with Crippen molar-refractivity contribution in [3.63, 3.8) is 0 Å². The fraction of sp³-hybridized carbons (Fsp3) is 0.875. The van der Waals surface area contributed by atoms with Crippen molar-refractivity contribution in [1.29, 1.82) is 0 Å². The van der Waals surface area contributed by atoms with Crippen LogP contribution in [0.1, 0.15) is 19.3 Å². The Morgan fingerprint density at radius 1 is 1.64 bits per heavy atom. The average molecular weight is 156 g/mol. The Bertz CT molecular complexity index is 139. The molecule has 0 aromatic rings. The lowest BCUT2D eigenvalue weighted by Gasteiger charge is -2.13. The summed E-state index contributed by atoms with van der Waals surface area (Å²) in [7, 11) is 3.61. The predicted molar refractivity (Wildman–Crippen MR) is 44.3 cm³/mol. The van der Waals surface area contributed by atoms with E-state index in [0.29, 0.717) is 12.5 Å². The Morgan fingerprint density at radius 3 is 2.82 bits per heavy atom. The van der Waals surface area contributed by atoms with Crippen LogP contribution in [0.4, 0.5) is 0 Å². The van der Waals surface area contributed by atoms with Crippen molar-refractivity contribution in [1.82, 2.24) is 10.2 Å². The topological polar surface area (TPSA) is 32.3 Å². The van der Waals surface area contributed by atoms with Crippen LogP contribution in [0.5, 0.6) is 0 Å². The summed E-state index contributed by atoms with van der Waals surface area (Å²) in [5.41, 5.74) is 0. The highest BCUT2D eigenvalue weighted by Gasteiger charge is 2.17. The lowest BCUT2D eigenvalue weighted by Crippen LogP contribution is -2.31. The third-order valence-corrected chi connectivity index (χ3v) is 2.08. The van der Waals surface area contributed by atoms with E-state index in [1.54, 1.807) is 19.0 Å². The van der Waals surface area contributed by atoms with Crippen LogP contribution in [0.2, 0.25) is 0 Å². The first-order valence-electron chi connectivity index (χ1n) is 4.13. The molecule has 1 saturated heterocycles. The van der Waals surface area contributed by atoms with Gasteiger partial charge in [-0.05, 0) is 19.4 Å². The first-order valence-corrected chi connectivity index (χ1v) is 4.13. The second kappa shape index (κ2) is 3.72. The molecule has 1 fully saturated rings. The molecule has 3 heteroatoms. The molecule has 64 valence electrons. The maximum absolute atomic E-state index is 11.2. The Kier molecular flexibility index (Phi) is 2.88. The Balaban J connectivity index is 2.24. The smallest absolute Gasteiger partial charge is 0.223 e. The summed E-state index contributed by atoms with van der Waals surface area (Å²) in [4.78, 5) is 12.8. The zero-order valence-corrected chi connectivity index (χ0v) is 7.26. The molecule has 0 aliphatic carbocycles.